The first-order chi connectivity index (χ1) is 7.75. The number of nitrogens with zero attached hydrogens (tertiary/aromatic N) is 1. The summed E-state index contributed by atoms with van der Waals surface area (Å²) in [4.78, 5) is 12.5. The van der Waals surface area contributed by atoms with Crippen LogP contribution in [0.1, 0.15) is 5.56 Å². The molecule has 0 saturated carbocycles. The highest BCUT2D eigenvalue weighted by molar-refractivity contribution is 5.43. The van der Waals surface area contributed by atoms with Gasteiger partial charge < -0.3 is 0 Å². The van der Waals surface area contributed by atoms with E-state index in [0.29, 0.717) is 5.69 Å². The topological polar surface area (TPSA) is 32.1 Å². The Balaban J connectivity index is 2.11. The minimum absolute atomic E-state index is 0.586. The Kier molecular flexibility index (Phi) is 2.96. The van der Waals surface area contributed by atoms with Crippen LogP contribution in [0.5, 0.6) is 0 Å². The maximum Gasteiger partial charge on any atom is 0.292 e. The molecule has 2 aromatic rings. The van der Waals surface area contributed by atoms with Gasteiger partial charge in [-0.25, -0.2) is 0 Å². The summed E-state index contributed by atoms with van der Waals surface area (Å²) in [5.41, 5.74) is 5.30. The maximum absolute atomic E-state index is 11.7. The molecule has 2 rings (SSSR count). The van der Waals surface area contributed by atoms with Gasteiger partial charge in [-0.3, -0.25) is 0 Å². The molecule has 2 aromatic carbocycles. The van der Waals surface area contributed by atoms with Crippen molar-refractivity contribution in [1.82, 2.24) is 0 Å². The van der Waals surface area contributed by atoms with Gasteiger partial charge in [0.1, 0.15) is 5.69 Å². The van der Waals surface area contributed by atoms with E-state index in [2.05, 4.69) is 5.43 Å². The van der Waals surface area contributed by atoms with Crippen molar-refractivity contribution in [1.29, 1.82) is 0 Å². The Labute approximate surface area is 94.3 Å². The molecule has 0 radical (unpaired) electrons. The van der Waals surface area contributed by atoms with Crippen molar-refractivity contribution in [3.05, 3.63) is 65.1 Å². The minimum Gasteiger partial charge on any atom is -0.114 e. The van der Waals surface area contributed by atoms with E-state index in [1.54, 1.807) is 12.1 Å². The lowest BCUT2D eigenvalue weighted by Gasteiger charge is -1.97. The highest BCUT2D eigenvalue weighted by atomic mass is 16.3. The number of para-hydroxylation sites is 1. The summed E-state index contributed by atoms with van der Waals surface area (Å²) in [5, 5.41) is 0. The molecule has 1 N–H and O–H groups in total. The molecule has 0 aromatic heterocycles. The van der Waals surface area contributed by atoms with Gasteiger partial charge >= 0.3 is 0 Å². The average molecular weight is 213 g/mol. The second-order valence-corrected chi connectivity index (χ2v) is 3.61. The first-order valence-corrected chi connectivity index (χ1v) is 5.11. The Hall–Kier alpha value is -2.16. The number of benzene rings is 2. The van der Waals surface area contributed by atoms with E-state index in [1.807, 2.05) is 49.4 Å². The van der Waals surface area contributed by atoms with Gasteiger partial charge in [0.15, 0.2) is 4.87 Å². The molecule has 0 bridgehead atoms. The van der Waals surface area contributed by atoms with Gasteiger partial charge in [0.25, 0.3) is 5.69 Å². The first-order valence-electron chi connectivity index (χ1n) is 5.11. The van der Waals surface area contributed by atoms with E-state index in [1.165, 1.54) is 5.56 Å². The number of anilines is 1. The molecule has 0 aliphatic rings. The van der Waals surface area contributed by atoms with Crippen molar-refractivity contribution in [3.63, 3.8) is 0 Å². The molecule has 16 heavy (non-hydrogen) atoms. The van der Waals surface area contributed by atoms with Crippen LogP contribution < -0.4 is 5.43 Å². The minimum atomic E-state index is 0.586. The smallest absolute Gasteiger partial charge is 0.114 e. The summed E-state index contributed by atoms with van der Waals surface area (Å²) >= 11 is 0. The van der Waals surface area contributed by atoms with Gasteiger partial charge in [0.05, 0.1) is 4.91 Å². The molecular weight excluding hydrogens is 200 g/mol. The third-order valence-electron chi connectivity index (χ3n) is 2.27. The molecule has 0 atom stereocenters. The summed E-state index contributed by atoms with van der Waals surface area (Å²) in [6, 6.07) is 16.7. The fourth-order valence-corrected chi connectivity index (χ4v) is 1.37. The molecule has 0 unspecified atom stereocenters. The Bertz CT molecular complexity index is 477. The molecule has 3 nitrogen and oxygen atoms in total. The van der Waals surface area contributed by atoms with Crippen LogP contribution in [0.3, 0.4) is 0 Å². The second-order valence-electron chi connectivity index (χ2n) is 3.61. The molecule has 80 valence electrons. The van der Waals surface area contributed by atoms with Crippen molar-refractivity contribution in [3.8, 4) is 0 Å². The van der Waals surface area contributed by atoms with Crippen molar-refractivity contribution in [2.45, 2.75) is 6.92 Å². The largest absolute Gasteiger partial charge is 0.292 e. The Morgan fingerprint density at radius 2 is 1.56 bits per heavy atom. The van der Waals surface area contributed by atoms with E-state index in [9.17, 15) is 4.91 Å². The first kappa shape index (κ1) is 10.4. The van der Waals surface area contributed by atoms with E-state index >= 15 is 0 Å². The van der Waals surface area contributed by atoms with E-state index < -0.39 is 0 Å². The third-order valence-corrected chi connectivity index (χ3v) is 2.27. The summed E-state index contributed by atoms with van der Waals surface area (Å²) in [5.74, 6) is 0. The van der Waals surface area contributed by atoms with Gasteiger partial charge in [-0.15, -0.1) is 5.43 Å². The standard InChI is InChI=1S/C13H13N2O/c1-11-7-9-12(10-8-11)14-15(16)13-5-3-2-4-6-13/h2-10H,1H3,(H,14,16)/q+1. The molecule has 0 fully saturated rings. The van der Waals surface area contributed by atoms with E-state index in [4.69, 9.17) is 0 Å². The molecule has 0 amide bonds. The highest BCUT2D eigenvalue weighted by Crippen LogP contribution is 2.13. The highest BCUT2D eigenvalue weighted by Gasteiger charge is 2.12. The maximum atomic E-state index is 11.7. The fourth-order valence-electron chi connectivity index (χ4n) is 1.37. The summed E-state index contributed by atoms with van der Waals surface area (Å²) < 4.78 is 0. The zero-order valence-electron chi connectivity index (χ0n) is 9.05. The number of nitroso groups, excluding NO2 is 1. The van der Waals surface area contributed by atoms with Gasteiger partial charge in [0.2, 0.25) is 0 Å². The summed E-state index contributed by atoms with van der Waals surface area (Å²) in [7, 11) is 0. The number of hydrogen-bond donors (Lipinski definition) is 1. The SMILES string of the molecule is Cc1ccc(N[N+](=O)c2ccccc2)cc1. The zero-order chi connectivity index (χ0) is 11.4. The fraction of sp³-hybridized carbons (Fsp3) is 0.0769. The van der Waals surface area contributed by atoms with Crippen LogP contribution >= 0.6 is 0 Å². The van der Waals surface area contributed by atoms with Crippen LogP contribution in [0.15, 0.2) is 54.6 Å². The normalized spacial score (nSPS) is 9.81. The van der Waals surface area contributed by atoms with Gasteiger partial charge in [-0.1, -0.05) is 35.9 Å². The van der Waals surface area contributed by atoms with Crippen molar-refractivity contribution in [2.75, 3.05) is 5.43 Å². The number of aryl methyl sites for hydroxylation is 1. The zero-order valence-corrected chi connectivity index (χ0v) is 9.05. The van der Waals surface area contributed by atoms with Gasteiger partial charge in [-0.2, -0.15) is 0 Å². The number of rotatable bonds is 3. The molecule has 0 aliphatic carbocycles. The number of hydrazine groups is 1. The van der Waals surface area contributed by atoms with Crippen molar-refractivity contribution in [2.24, 2.45) is 0 Å². The van der Waals surface area contributed by atoms with E-state index in [0.717, 1.165) is 10.6 Å². The second kappa shape index (κ2) is 4.57. The lowest BCUT2D eigenvalue weighted by atomic mass is 10.2. The monoisotopic (exact) mass is 213 g/mol. The van der Waals surface area contributed by atoms with Crippen LogP contribution in [-0.4, -0.2) is 4.87 Å². The average Bonchev–Trinajstić information content (AvgIpc) is 2.33. The Morgan fingerprint density at radius 1 is 0.938 bits per heavy atom. The molecule has 0 heterocycles. The van der Waals surface area contributed by atoms with Crippen LogP contribution in [0.4, 0.5) is 11.4 Å². The predicted molar refractivity (Wildman–Crippen MR) is 64.5 cm³/mol. The molecular formula is C13H13N2O+. The molecule has 3 heteroatoms. The van der Waals surface area contributed by atoms with Crippen LogP contribution in [0, 0.1) is 11.8 Å². The summed E-state index contributed by atoms with van der Waals surface area (Å²) in [6.45, 7) is 2.01. The van der Waals surface area contributed by atoms with Gasteiger partial charge in [0, 0.05) is 12.1 Å². The molecule has 0 saturated heterocycles. The van der Waals surface area contributed by atoms with Crippen LogP contribution in [0.2, 0.25) is 0 Å². The lowest BCUT2D eigenvalue weighted by molar-refractivity contribution is -0.427. The van der Waals surface area contributed by atoms with Crippen LogP contribution in [0.25, 0.3) is 0 Å². The predicted octanol–water partition coefficient (Wildman–Crippen LogP) is 3.43. The Morgan fingerprint density at radius 3 is 2.19 bits per heavy atom. The van der Waals surface area contributed by atoms with Crippen molar-refractivity contribution < 1.29 is 4.87 Å². The summed E-state index contributed by atoms with van der Waals surface area (Å²) in [6.07, 6.45) is 0. The lowest BCUT2D eigenvalue weighted by Crippen LogP contribution is -2.09. The molecule has 0 spiro atoms. The van der Waals surface area contributed by atoms with Gasteiger partial charge in [-0.05, 0) is 19.1 Å². The van der Waals surface area contributed by atoms with Crippen molar-refractivity contribution >= 4 is 11.4 Å². The molecule has 0 aliphatic heterocycles. The van der Waals surface area contributed by atoms with Crippen LogP contribution in [-0.2, 0) is 0 Å². The quantitative estimate of drug-likeness (QED) is 0.625. The third kappa shape index (κ3) is 2.45. The van der Waals surface area contributed by atoms with E-state index in [-0.39, 0.29) is 0 Å². The number of hydrogen-bond acceptors (Lipinski definition) is 1. The number of nitrogens with one attached hydrogen (secondary N) is 1.